The molecule has 3 N–H and O–H groups in total. The maximum Gasteiger partial charge on any atom is 0.0335 e. The zero-order valence-corrected chi connectivity index (χ0v) is 10.9. The van der Waals surface area contributed by atoms with Gasteiger partial charge in [-0.1, -0.05) is 43.7 Å². The van der Waals surface area contributed by atoms with Gasteiger partial charge in [0.2, 0.25) is 0 Å². The van der Waals surface area contributed by atoms with E-state index in [1.165, 1.54) is 24.8 Å². The summed E-state index contributed by atoms with van der Waals surface area (Å²) in [7, 11) is 0. The van der Waals surface area contributed by atoms with Crippen LogP contribution in [0.3, 0.4) is 0 Å². The van der Waals surface area contributed by atoms with Crippen molar-refractivity contribution in [2.75, 3.05) is 6.54 Å². The third-order valence-electron chi connectivity index (χ3n) is 4.37. The largest absolute Gasteiger partial charge is 0.329 e. The Labute approximate surface area is 105 Å². The standard InChI is InChI=1S/C15H24N2/c1-12-7-6-10-15(12,11-16)17-13(2)14-8-4-3-5-9-14/h3-5,8-9,12-13,17H,6-7,10-11,16H2,1-2H3. The van der Waals surface area contributed by atoms with E-state index in [-0.39, 0.29) is 5.54 Å². The van der Waals surface area contributed by atoms with Crippen molar-refractivity contribution in [3.8, 4) is 0 Å². The van der Waals surface area contributed by atoms with Crippen molar-refractivity contribution in [2.45, 2.75) is 44.7 Å². The molecule has 1 aliphatic carbocycles. The minimum Gasteiger partial charge on any atom is -0.329 e. The molecule has 1 aliphatic rings. The van der Waals surface area contributed by atoms with E-state index in [2.05, 4.69) is 49.5 Å². The van der Waals surface area contributed by atoms with Crippen LogP contribution in [0, 0.1) is 5.92 Å². The number of nitrogens with one attached hydrogen (secondary N) is 1. The van der Waals surface area contributed by atoms with Crippen molar-refractivity contribution in [1.29, 1.82) is 0 Å². The predicted octanol–water partition coefficient (Wildman–Crippen LogP) is 2.85. The molecule has 0 bridgehead atoms. The van der Waals surface area contributed by atoms with Crippen LogP contribution >= 0.6 is 0 Å². The van der Waals surface area contributed by atoms with Gasteiger partial charge in [0.05, 0.1) is 0 Å². The van der Waals surface area contributed by atoms with E-state index in [0.717, 1.165) is 6.54 Å². The number of rotatable bonds is 4. The second kappa shape index (κ2) is 5.19. The van der Waals surface area contributed by atoms with E-state index < -0.39 is 0 Å². The summed E-state index contributed by atoms with van der Waals surface area (Å²) in [6.45, 7) is 5.30. The van der Waals surface area contributed by atoms with Crippen molar-refractivity contribution in [3.63, 3.8) is 0 Å². The minimum atomic E-state index is 0.148. The predicted molar refractivity (Wildman–Crippen MR) is 72.8 cm³/mol. The number of benzene rings is 1. The van der Waals surface area contributed by atoms with Crippen molar-refractivity contribution in [2.24, 2.45) is 11.7 Å². The van der Waals surface area contributed by atoms with E-state index in [9.17, 15) is 0 Å². The fourth-order valence-corrected chi connectivity index (χ4v) is 3.08. The monoisotopic (exact) mass is 232 g/mol. The third-order valence-corrected chi connectivity index (χ3v) is 4.37. The number of hydrogen-bond donors (Lipinski definition) is 2. The molecule has 3 unspecified atom stereocenters. The zero-order chi connectivity index (χ0) is 12.3. The molecule has 0 heterocycles. The van der Waals surface area contributed by atoms with Crippen LogP contribution in [0.25, 0.3) is 0 Å². The second-order valence-electron chi connectivity index (χ2n) is 5.43. The second-order valence-corrected chi connectivity index (χ2v) is 5.43. The van der Waals surface area contributed by atoms with Gasteiger partial charge >= 0.3 is 0 Å². The van der Waals surface area contributed by atoms with Gasteiger partial charge in [-0.2, -0.15) is 0 Å². The molecule has 2 nitrogen and oxygen atoms in total. The Bertz CT molecular complexity index is 349. The van der Waals surface area contributed by atoms with Gasteiger partial charge in [-0.3, -0.25) is 0 Å². The summed E-state index contributed by atoms with van der Waals surface area (Å²) in [6.07, 6.45) is 3.81. The molecule has 1 saturated carbocycles. The minimum absolute atomic E-state index is 0.148. The molecule has 0 radical (unpaired) electrons. The highest BCUT2D eigenvalue weighted by Crippen LogP contribution is 2.36. The van der Waals surface area contributed by atoms with Gasteiger partial charge < -0.3 is 11.1 Å². The van der Waals surface area contributed by atoms with E-state index in [1.807, 2.05) is 0 Å². The van der Waals surface area contributed by atoms with Crippen LogP contribution in [-0.4, -0.2) is 12.1 Å². The Morgan fingerprint density at radius 1 is 1.41 bits per heavy atom. The van der Waals surface area contributed by atoms with Crippen LogP contribution < -0.4 is 11.1 Å². The average molecular weight is 232 g/mol. The van der Waals surface area contributed by atoms with Crippen molar-refractivity contribution in [1.82, 2.24) is 5.32 Å². The lowest BCUT2D eigenvalue weighted by atomic mass is 9.87. The Balaban J connectivity index is 2.09. The molecule has 0 spiro atoms. The first-order valence-electron chi connectivity index (χ1n) is 6.71. The van der Waals surface area contributed by atoms with Gasteiger partial charge in [0.25, 0.3) is 0 Å². The van der Waals surface area contributed by atoms with Gasteiger partial charge in [-0.05, 0) is 31.2 Å². The topological polar surface area (TPSA) is 38.0 Å². The number of nitrogens with two attached hydrogens (primary N) is 1. The maximum atomic E-state index is 6.02. The summed E-state index contributed by atoms with van der Waals surface area (Å²) in [5, 5.41) is 3.78. The molecular formula is C15H24N2. The lowest BCUT2D eigenvalue weighted by Crippen LogP contribution is -2.53. The molecule has 1 fully saturated rings. The number of hydrogen-bond acceptors (Lipinski definition) is 2. The lowest BCUT2D eigenvalue weighted by Gasteiger charge is -2.37. The first-order chi connectivity index (χ1) is 8.18. The molecule has 17 heavy (non-hydrogen) atoms. The SMILES string of the molecule is CC(NC1(CN)CCCC1C)c1ccccc1. The molecular weight excluding hydrogens is 208 g/mol. The first kappa shape index (κ1) is 12.6. The molecule has 0 aromatic heterocycles. The normalized spacial score (nSPS) is 30.4. The van der Waals surface area contributed by atoms with Crippen LogP contribution in [-0.2, 0) is 0 Å². The summed E-state index contributed by atoms with van der Waals surface area (Å²) in [5.41, 5.74) is 7.52. The highest BCUT2D eigenvalue weighted by atomic mass is 15.0. The maximum absolute atomic E-state index is 6.02. The molecule has 2 heteroatoms. The molecule has 0 aliphatic heterocycles. The Kier molecular flexibility index (Phi) is 3.85. The van der Waals surface area contributed by atoms with Gasteiger partial charge in [0, 0.05) is 18.1 Å². The van der Waals surface area contributed by atoms with E-state index in [4.69, 9.17) is 5.73 Å². The zero-order valence-electron chi connectivity index (χ0n) is 10.9. The van der Waals surface area contributed by atoms with E-state index >= 15 is 0 Å². The lowest BCUT2D eigenvalue weighted by molar-refractivity contribution is 0.242. The van der Waals surface area contributed by atoms with E-state index in [0.29, 0.717) is 12.0 Å². The van der Waals surface area contributed by atoms with Crippen LogP contribution in [0.1, 0.15) is 44.7 Å². The molecule has 0 amide bonds. The van der Waals surface area contributed by atoms with Crippen molar-refractivity contribution in [3.05, 3.63) is 35.9 Å². The van der Waals surface area contributed by atoms with Crippen LogP contribution in [0.4, 0.5) is 0 Å². The average Bonchev–Trinajstić information content (AvgIpc) is 2.72. The van der Waals surface area contributed by atoms with Gasteiger partial charge in [0.15, 0.2) is 0 Å². The van der Waals surface area contributed by atoms with Crippen LogP contribution in [0.5, 0.6) is 0 Å². The smallest absolute Gasteiger partial charge is 0.0335 e. The van der Waals surface area contributed by atoms with Gasteiger partial charge in [0.1, 0.15) is 0 Å². The van der Waals surface area contributed by atoms with Crippen LogP contribution in [0.2, 0.25) is 0 Å². The molecule has 94 valence electrons. The van der Waals surface area contributed by atoms with Gasteiger partial charge in [-0.15, -0.1) is 0 Å². The summed E-state index contributed by atoms with van der Waals surface area (Å²) in [4.78, 5) is 0. The third kappa shape index (κ3) is 2.53. The first-order valence-corrected chi connectivity index (χ1v) is 6.71. The van der Waals surface area contributed by atoms with Crippen LogP contribution in [0.15, 0.2) is 30.3 Å². The molecule has 1 aromatic carbocycles. The Morgan fingerprint density at radius 2 is 2.12 bits per heavy atom. The highest BCUT2D eigenvalue weighted by molar-refractivity contribution is 5.19. The van der Waals surface area contributed by atoms with E-state index in [1.54, 1.807) is 0 Å². The summed E-state index contributed by atoms with van der Waals surface area (Å²) >= 11 is 0. The Morgan fingerprint density at radius 3 is 2.65 bits per heavy atom. The highest BCUT2D eigenvalue weighted by Gasteiger charge is 2.39. The summed E-state index contributed by atoms with van der Waals surface area (Å²) < 4.78 is 0. The molecule has 2 rings (SSSR count). The quantitative estimate of drug-likeness (QED) is 0.837. The van der Waals surface area contributed by atoms with Gasteiger partial charge in [-0.25, -0.2) is 0 Å². The fourth-order valence-electron chi connectivity index (χ4n) is 3.08. The molecule has 3 atom stereocenters. The fraction of sp³-hybridized carbons (Fsp3) is 0.600. The van der Waals surface area contributed by atoms with Crippen molar-refractivity contribution >= 4 is 0 Å². The summed E-state index contributed by atoms with van der Waals surface area (Å²) in [6, 6.07) is 11.0. The van der Waals surface area contributed by atoms with Crippen molar-refractivity contribution < 1.29 is 0 Å². The molecule has 1 aromatic rings. The summed E-state index contributed by atoms with van der Waals surface area (Å²) in [5.74, 6) is 0.679. The molecule has 0 saturated heterocycles. The Hall–Kier alpha value is -0.860.